The Balaban J connectivity index is 1.83. The number of hydrogen-bond acceptors (Lipinski definition) is 6. The van der Waals surface area contributed by atoms with Gasteiger partial charge in [-0.1, -0.05) is 19.3 Å². The lowest BCUT2D eigenvalue weighted by atomic mass is 9.74. The number of ether oxygens (including phenoxy) is 2. The lowest BCUT2D eigenvalue weighted by Gasteiger charge is -2.51. The van der Waals surface area contributed by atoms with E-state index < -0.39 is 12.1 Å². The van der Waals surface area contributed by atoms with Crippen LogP contribution in [0.1, 0.15) is 39.0 Å². The molecule has 4 aliphatic rings. The maximum absolute atomic E-state index is 13.3. The quantitative estimate of drug-likeness (QED) is 0.677. The number of fused-ring (bicyclic) bond motifs is 3. The van der Waals surface area contributed by atoms with Crippen LogP contribution in [0.3, 0.4) is 0 Å². The van der Waals surface area contributed by atoms with Crippen molar-refractivity contribution < 1.29 is 23.9 Å². The van der Waals surface area contributed by atoms with Gasteiger partial charge in [0.2, 0.25) is 11.7 Å². The summed E-state index contributed by atoms with van der Waals surface area (Å²) in [5, 5.41) is 0. The molecule has 2 heterocycles. The van der Waals surface area contributed by atoms with Gasteiger partial charge in [-0.2, -0.15) is 0 Å². The van der Waals surface area contributed by atoms with E-state index in [1.807, 2.05) is 11.9 Å². The summed E-state index contributed by atoms with van der Waals surface area (Å²) in [6.07, 6.45) is 4.47. The molecule has 2 fully saturated rings. The van der Waals surface area contributed by atoms with Crippen LogP contribution in [0.4, 0.5) is 0 Å². The van der Waals surface area contributed by atoms with E-state index in [0.29, 0.717) is 23.3 Å². The second kappa shape index (κ2) is 7.12. The number of likely N-dealkylation sites (N-methyl/N-ethyl adjacent to an activating group) is 2. The largest absolute Gasteiger partial charge is 0.492 e. The summed E-state index contributed by atoms with van der Waals surface area (Å²) >= 11 is 0. The van der Waals surface area contributed by atoms with Crippen molar-refractivity contribution in [3.8, 4) is 0 Å². The van der Waals surface area contributed by atoms with E-state index in [1.165, 1.54) is 13.5 Å². The van der Waals surface area contributed by atoms with Gasteiger partial charge >= 0.3 is 0 Å². The first kappa shape index (κ1) is 19.3. The van der Waals surface area contributed by atoms with E-state index >= 15 is 0 Å². The molecule has 28 heavy (non-hydrogen) atoms. The van der Waals surface area contributed by atoms with E-state index in [2.05, 4.69) is 0 Å². The molecule has 0 N–H and O–H groups in total. The summed E-state index contributed by atoms with van der Waals surface area (Å²) in [5.41, 5.74) is 1.11. The number of Topliss-reactive ketones (excluding diaryl/α,β-unsaturated/α-hetero) is 2. The molecule has 2 bridgehead atoms. The highest BCUT2D eigenvalue weighted by molar-refractivity contribution is 6.25. The molecule has 0 spiro atoms. The van der Waals surface area contributed by atoms with Gasteiger partial charge in [0.15, 0.2) is 11.5 Å². The number of nitrogens with zero attached hydrogens (tertiary/aromatic N) is 2. The summed E-state index contributed by atoms with van der Waals surface area (Å²) in [6, 6.07) is -0.915. The van der Waals surface area contributed by atoms with Crippen molar-refractivity contribution in [2.24, 2.45) is 0 Å². The van der Waals surface area contributed by atoms with Crippen molar-refractivity contribution >= 4 is 17.5 Å². The smallest absolute Gasteiger partial charge is 0.242 e. The van der Waals surface area contributed by atoms with Crippen LogP contribution in [0, 0.1) is 0 Å². The van der Waals surface area contributed by atoms with Gasteiger partial charge in [0.25, 0.3) is 0 Å². The Kier molecular flexibility index (Phi) is 4.91. The third-order valence-electron chi connectivity index (χ3n) is 6.67. The van der Waals surface area contributed by atoms with E-state index in [0.717, 1.165) is 25.7 Å². The molecule has 7 nitrogen and oxygen atoms in total. The van der Waals surface area contributed by atoms with Crippen LogP contribution in [-0.4, -0.2) is 79.3 Å². The van der Waals surface area contributed by atoms with Gasteiger partial charge in [0, 0.05) is 30.3 Å². The van der Waals surface area contributed by atoms with Crippen molar-refractivity contribution in [1.82, 2.24) is 9.80 Å². The second-order valence-corrected chi connectivity index (χ2v) is 8.31. The van der Waals surface area contributed by atoms with Crippen molar-refractivity contribution in [2.75, 3.05) is 27.7 Å². The monoisotopic (exact) mass is 388 g/mol. The molecular formula is C21H28N2O5. The van der Waals surface area contributed by atoms with Crippen LogP contribution < -0.4 is 0 Å². The molecule has 1 amide bonds. The molecular weight excluding hydrogens is 360 g/mol. The summed E-state index contributed by atoms with van der Waals surface area (Å²) in [5.74, 6) is -0.449. The molecule has 0 aromatic heterocycles. The molecule has 0 aromatic carbocycles. The highest BCUT2D eigenvalue weighted by Gasteiger charge is 2.55. The number of amides is 1. The minimum atomic E-state index is -0.723. The molecule has 3 atom stereocenters. The Morgan fingerprint density at radius 1 is 0.964 bits per heavy atom. The summed E-state index contributed by atoms with van der Waals surface area (Å²) in [6.45, 7) is 1.98. The van der Waals surface area contributed by atoms with Gasteiger partial charge in [-0.05, 0) is 26.8 Å². The SMILES string of the molecule is COC1=C(C)C(=O)C2=C(C1=O)[C@@H]1CN(C)C(=O)[C@H]([C@H]2OC2CCCCC2)N1C. The lowest BCUT2D eigenvalue weighted by Crippen LogP contribution is -2.69. The number of hydrogen-bond donors (Lipinski definition) is 0. The molecule has 0 unspecified atom stereocenters. The molecule has 4 rings (SSSR count). The second-order valence-electron chi connectivity index (χ2n) is 8.31. The van der Waals surface area contributed by atoms with E-state index in [-0.39, 0.29) is 35.4 Å². The van der Waals surface area contributed by atoms with Crippen molar-refractivity contribution in [1.29, 1.82) is 0 Å². The van der Waals surface area contributed by atoms with Gasteiger partial charge in [-0.3, -0.25) is 19.3 Å². The molecule has 1 saturated carbocycles. The summed E-state index contributed by atoms with van der Waals surface area (Å²) < 4.78 is 11.7. The molecule has 2 aliphatic carbocycles. The topological polar surface area (TPSA) is 76.2 Å². The number of carbonyl (C=O) groups is 3. The van der Waals surface area contributed by atoms with Gasteiger partial charge < -0.3 is 14.4 Å². The van der Waals surface area contributed by atoms with Gasteiger partial charge in [-0.15, -0.1) is 0 Å². The number of ketones is 2. The maximum Gasteiger partial charge on any atom is 0.242 e. The first-order chi connectivity index (χ1) is 13.4. The van der Waals surface area contributed by atoms with Gasteiger partial charge in [-0.25, -0.2) is 0 Å². The van der Waals surface area contributed by atoms with Crippen LogP contribution in [0.2, 0.25) is 0 Å². The Morgan fingerprint density at radius 2 is 1.64 bits per heavy atom. The number of piperazine rings is 1. The fourth-order valence-electron chi connectivity index (χ4n) is 5.12. The van der Waals surface area contributed by atoms with Crippen LogP contribution in [0.5, 0.6) is 0 Å². The summed E-state index contributed by atoms with van der Waals surface area (Å²) in [4.78, 5) is 43.1. The average Bonchev–Trinajstić information content (AvgIpc) is 2.68. The van der Waals surface area contributed by atoms with Crippen LogP contribution >= 0.6 is 0 Å². The van der Waals surface area contributed by atoms with E-state index in [4.69, 9.17) is 9.47 Å². The Morgan fingerprint density at radius 3 is 2.29 bits per heavy atom. The Hall–Kier alpha value is -1.99. The van der Waals surface area contributed by atoms with E-state index in [1.54, 1.807) is 18.9 Å². The zero-order chi connectivity index (χ0) is 20.2. The van der Waals surface area contributed by atoms with Crippen LogP contribution in [0.25, 0.3) is 0 Å². The fraction of sp³-hybridized carbons (Fsp3) is 0.667. The first-order valence-corrected chi connectivity index (χ1v) is 10.1. The minimum absolute atomic E-state index is 0.00786. The van der Waals surface area contributed by atoms with Crippen LogP contribution in [-0.2, 0) is 23.9 Å². The number of methoxy groups -OCH3 is 1. The normalized spacial score (nSPS) is 32.2. The predicted molar refractivity (Wildman–Crippen MR) is 101 cm³/mol. The van der Waals surface area contributed by atoms with Crippen molar-refractivity contribution in [3.05, 3.63) is 22.5 Å². The average molecular weight is 388 g/mol. The van der Waals surface area contributed by atoms with E-state index in [9.17, 15) is 14.4 Å². The number of carbonyl (C=O) groups excluding carboxylic acids is 3. The highest BCUT2D eigenvalue weighted by atomic mass is 16.5. The number of allylic oxidation sites excluding steroid dienone is 2. The zero-order valence-electron chi connectivity index (χ0n) is 17.0. The first-order valence-electron chi connectivity index (χ1n) is 10.1. The Labute approximate surface area is 165 Å². The molecule has 0 radical (unpaired) electrons. The van der Waals surface area contributed by atoms with Crippen molar-refractivity contribution in [3.63, 3.8) is 0 Å². The van der Waals surface area contributed by atoms with Crippen LogP contribution in [0.15, 0.2) is 22.5 Å². The molecule has 0 aromatic rings. The minimum Gasteiger partial charge on any atom is -0.492 e. The number of rotatable bonds is 3. The Bertz CT molecular complexity index is 793. The molecule has 7 heteroatoms. The zero-order valence-corrected chi connectivity index (χ0v) is 17.0. The van der Waals surface area contributed by atoms with Crippen molar-refractivity contribution in [2.45, 2.75) is 63.3 Å². The fourth-order valence-corrected chi connectivity index (χ4v) is 5.12. The highest BCUT2D eigenvalue weighted by Crippen LogP contribution is 2.41. The predicted octanol–water partition coefficient (Wildman–Crippen LogP) is 1.23. The maximum atomic E-state index is 13.3. The summed E-state index contributed by atoms with van der Waals surface area (Å²) in [7, 11) is 5.00. The third kappa shape index (κ3) is 2.75. The van der Waals surface area contributed by atoms with Gasteiger partial charge in [0.1, 0.15) is 12.1 Å². The molecule has 1 saturated heterocycles. The van der Waals surface area contributed by atoms with Gasteiger partial charge in [0.05, 0.1) is 19.3 Å². The lowest BCUT2D eigenvalue weighted by molar-refractivity contribution is -0.155. The third-order valence-corrected chi connectivity index (χ3v) is 6.67. The molecule has 2 aliphatic heterocycles. The molecule has 152 valence electrons. The standard InChI is InChI=1S/C21H28N2O5/c1-11-17(24)15-14(18(25)19(11)27-4)13-10-22(2)21(26)16(23(13)3)20(15)28-12-8-6-5-7-9-12/h12-13,16,20H,5-10H2,1-4H3/t13-,16-,20-/m0/s1.